The molecule has 0 spiro atoms. The highest BCUT2D eigenvalue weighted by Gasteiger charge is 2.40. The first-order chi connectivity index (χ1) is 9.66. The maximum Gasteiger partial charge on any atom is 0.417 e. The third kappa shape index (κ3) is 2.62. The lowest BCUT2D eigenvalue weighted by molar-refractivity contribution is -0.139. The number of benzene rings is 1. The van der Waals surface area contributed by atoms with Crippen molar-refractivity contribution < 1.29 is 21.6 Å². The summed E-state index contributed by atoms with van der Waals surface area (Å²) >= 11 is 0. The molecule has 0 amide bonds. The molecule has 3 rings (SSSR count). The molecule has 2 fully saturated rings. The van der Waals surface area contributed by atoms with E-state index in [0.29, 0.717) is 11.6 Å². The number of hydrogen-bond acceptors (Lipinski definition) is 3. The number of fused-ring (bicyclic) bond motifs is 2. The lowest BCUT2D eigenvalue weighted by Gasteiger charge is -2.30. The van der Waals surface area contributed by atoms with Crippen molar-refractivity contribution in [2.75, 3.05) is 11.4 Å². The van der Waals surface area contributed by atoms with Crippen LogP contribution in [0.3, 0.4) is 0 Å². The van der Waals surface area contributed by atoms with Gasteiger partial charge < -0.3 is 4.90 Å². The summed E-state index contributed by atoms with van der Waals surface area (Å²) in [6.07, 6.45) is -1.67. The molecule has 1 saturated carbocycles. The van der Waals surface area contributed by atoms with Gasteiger partial charge in [-0.1, -0.05) is 0 Å². The molecule has 2 bridgehead atoms. The Morgan fingerprint density at radius 3 is 2.43 bits per heavy atom. The lowest BCUT2D eigenvalue weighted by atomic mass is 10.1. The summed E-state index contributed by atoms with van der Waals surface area (Å²) in [5, 5.41) is 4.88. The van der Waals surface area contributed by atoms with Gasteiger partial charge in [-0.2, -0.15) is 13.2 Å². The van der Waals surface area contributed by atoms with Crippen LogP contribution in [-0.4, -0.2) is 21.0 Å². The molecule has 1 aromatic carbocycles. The van der Waals surface area contributed by atoms with Crippen LogP contribution >= 0.6 is 0 Å². The molecular formula is C13H15F3N2O2S. The Morgan fingerprint density at radius 1 is 1.24 bits per heavy atom. The molecular weight excluding hydrogens is 305 g/mol. The number of nitrogens with zero attached hydrogens (tertiary/aromatic N) is 1. The maximum absolute atomic E-state index is 13.1. The Morgan fingerprint density at radius 2 is 1.95 bits per heavy atom. The molecule has 1 heterocycles. The number of sulfonamides is 1. The quantitative estimate of drug-likeness (QED) is 0.910. The summed E-state index contributed by atoms with van der Waals surface area (Å²) in [6.45, 7) is 0.733. The standard InChI is InChI=1S/C13H15F3N2O2S/c14-13(15,16)11-6-10(3-4-12(11)21(17,19)20)18-7-8-1-2-9(18)5-8/h3-4,6,8-9H,1-2,5,7H2,(H2,17,19,20)/t8-,9-/m1/s1. The highest BCUT2D eigenvalue weighted by molar-refractivity contribution is 7.89. The molecule has 4 nitrogen and oxygen atoms in total. The van der Waals surface area contributed by atoms with E-state index in [0.717, 1.165) is 37.9 Å². The fourth-order valence-corrected chi connectivity index (χ4v) is 4.15. The van der Waals surface area contributed by atoms with Crippen molar-refractivity contribution in [3.05, 3.63) is 23.8 Å². The number of primary sulfonamides is 1. The van der Waals surface area contributed by atoms with Gasteiger partial charge >= 0.3 is 6.18 Å². The number of piperidine rings is 1. The molecule has 2 N–H and O–H groups in total. The minimum Gasteiger partial charge on any atom is -0.368 e. The first kappa shape index (κ1) is 14.6. The molecule has 116 valence electrons. The summed E-state index contributed by atoms with van der Waals surface area (Å²) < 4.78 is 61.9. The summed E-state index contributed by atoms with van der Waals surface area (Å²) in [6, 6.07) is 3.53. The lowest BCUT2D eigenvalue weighted by Crippen LogP contribution is -2.32. The number of alkyl halides is 3. The Labute approximate surface area is 120 Å². The molecule has 1 aromatic rings. The van der Waals surface area contributed by atoms with Gasteiger partial charge in [-0.3, -0.25) is 0 Å². The van der Waals surface area contributed by atoms with Gasteiger partial charge in [0.2, 0.25) is 10.0 Å². The minimum atomic E-state index is -4.75. The zero-order valence-electron chi connectivity index (χ0n) is 11.1. The summed E-state index contributed by atoms with van der Waals surface area (Å²) in [7, 11) is -4.41. The van der Waals surface area contributed by atoms with E-state index in [2.05, 4.69) is 0 Å². The van der Waals surface area contributed by atoms with E-state index >= 15 is 0 Å². The molecule has 1 saturated heterocycles. The van der Waals surface area contributed by atoms with Crippen molar-refractivity contribution in [2.24, 2.45) is 11.1 Å². The van der Waals surface area contributed by atoms with E-state index in [4.69, 9.17) is 5.14 Å². The molecule has 2 atom stereocenters. The molecule has 8 heteroatoms. The van der Waals surface area contributed by atoms with Crippen LogP contribution in [0.15, 0.2) is 23.1 Å². The molecule has 2 aliphatic rings. The maximum atomic E-state index is 13.1. The number of hydrogen-bond donors (Lipinski definition) is 1. The van der Waals surface area contributed by atoms with Gasteiger partial charge in [0.05, 0.1) is 10.5 Å². The van der Waals surface area contributed by atoms with Gasteiger partial charge in [0, 0.05) is 18.3 Å². The van der Waals surface area contributed by atoms with E-state index in [1.165, 1.54) is 6.07 Å². The molecule has 0 aromatic heterocycles. The van der Waals surface area contributed by atoms with E-state index in [-0.39, 0.29) is 6.04 Å². The zero-order valence-corrected chi connectivity index (χ0v) is 11.9. The average Bonchev–Trinajstić information content (AvgIpc) is 2.98. The first-order valence-corrected chi connectivity index (χ1v) is 8.21. The number of rotatable bonds is 2. The van der Waals surface area contributed by atoms with Crippen LogP contribution in [0.2, 0.25) is 0 Å². The third-order valence-electron chi connectivity index (χ3n) is 4.32. The van der Waals surface area contributed by atoms with Crippen LogP contribution < -0.4 is 10.0 Å². The van der Waals surface area contributed by atoms with Crippen LogP contribution in [0.5, 0.6) is 0 Å². The number of nitrogens with two attached hydrogens (primary N) is 1. The summed E-state index contributed by atoms with van der Waals surface area (Å²) in [4.78, 5) is 1.07. The van der Waals surface area contributed by atoms with E-state index in [1.54, 1.807) is 0 Å². The Balaban J connectivity index is 2.05. The largest absolute Gasteiger partial charge is 0.417 e. The smallest absolute Gasteiger partial charge is 0.368 e. The normalized spacial score (nSPS) is 25.6. The van der Waals surface area contributed by atoms with Crippen LogP contribution in [0.25, 0.3) is 0 Å². The van der Waals surface area contributed by atoms with Crippen molar-refractivity contribution in [2.45, 2.75) is 36.4 Å². The van der Waals surface area contributed by atoms with Crippen LogP contribution in [-0.2, 0) is 16.2 Å². The predicted octanol–water partition coefficient (Wildman–Crippen LogP) is 2.34. The van der Waals surface area contributed by atoms with Gasteiger partial charge in [-0.25, -0.2) is 13.6 Å². The topological polar surface area (TPSA) is 63.4 Å². The second-order valence-electron chi connectivity index (χ2n) is 5.71. The summed E-state index contributed by atoms with van der Waals surface area (Å²) in [5.41, 5.74) is -0.771. The van der Waals surface area contributed by atoms with E-state index in [1.807, 2.05) is 4.90 Å². The van der Waals surface area contributed by atoms with Gasteiger partial charge in [0.1, 0.15) is 0 Å². The SMILES string of the molecule is NS(=O)(=O)c1ccc(N2C[C@@H]3CC[C@@H]2C3)cc1C(F)(F)F. The Bertz CT molecular complexity index is 672. The second-order valence-corrected chi connectivity index (χ2v) is 7.24. The predicted molar refractivity (Wildman–Crippen MR) is 71.3 cm³/mol. The van der Waals surface area contributed by atoms with Crippen molar-refractivity contribution >= 4 is 15.7 Å². The monoisotopic (exact) mass is 320 g/mol. The second kappa shape index (κ2) is 4.61. The highest BCUT2D eigenvalue weighted by Crippen LogP contribution is 2.42. The Kier molecular flexibility index (Phi) is 3.21. The van der Waals surface area contributed by atoms with Crippen molar-refractivity contribution in [3.63, 3.8) is 0 Å². The molecule has 21 heavy (non-hydrogen) atoms. The summed E-state index contributed by atoms with van der Waals surface area (Å²) in [5.74, 6) is 0.530. The fraction of sp³-hybridized carbons (Fsp3) is 0.538. The van der Waals surface area contributed by atoms with E-state index in [9.17, 15) is 21.6 Å². The van der Waals surface area contributed by atoms with Gasteiger partial charge in [0.15, 0.2) is 0 Å². The van der Waals surface area contributed by atoms with E-state index < -0.39 is 26.7 Å². The molecule has 1 aliphatic heterocycles. The fourth-order valence-electron chi connectivity index (χ4n) is 3.41. The minimum absolute atomic E-state index is 0.261. The van der Waals surface area contributed by atoms with Crippen molar-refractivity contribution in [1.29, 1.82) is 0 Å². The first-order valence-electron chi connectivity index (χ1n) is 6.67. The van der Waals surface area contributed by atoms with Crippen molar-refractivity contribution in [3.8, 4) is 0 Å². The van der Waals surface area contributed by atoms with Gasteiger partial charge in [0.25, 0.3) is 0 Å². The highest BCUT2D eigenvalue weighted by atomic mass is 32.2. The molecule has 0 unspecified atom stereocenters. The van der Waals surface area contributed by atoms with Crippen LogP contribution in [0.1, 0.15) is 24.8 Å². The zero-order chi connectivity index (χ0) is 15.4. The van der Waals surface area contributed by atoms with Crippen molar-refractivity contribution in [1.82, 2.24) is 0 Å². The van der Waals surface area contributed by atoms with Crippen LogP contribution in [0, 0.1) is 5.92 Å². The average molecular weight is 320 g/mol. The number of halogens is 3. The van der Waals surface area contributed by atoms with Gasteiger partial charge in [-0.15, -0.1) is 0 Å². The molecule has 0 radical (unpaired) electrons. The molecule has 1 aliphatic carbocycles. The van der Waals surface area contributed by atoms with Gasteiger partial charge in [-0.05, 0) is 43.4 Å². The third-order valence-corrected chi connectivity index (χ3v) is 5.28. The van der Waals surface area contributed by atoms with Crippen LogP contribution in [0.4, 0.5) is 18.9 Å². The number of anilines is 1. The Hall–Kier alpha value is -1.28.